The average molecular weight is 378 g/mol. The Bertz CT molecular complexity index is 1010. The van der Waals surface area contributed by atoms with E-state index < -0.39 is 5.97 Å². The van der Waals surface area contributed by atoms with E-state index in [0.29, 0.717) is 10.8 Å². The van der Waals surface area contributed by atoms with Crippen LogP contribution in [0.3, 0.4) is 0 Å². The number of esters is 1. The van der Waals surface area contributed by atoms with Gasteiger partial charge < -0.3 is 9.84 Å². The van der Waals surface area contributed by atoms with Crippen molar-refractivity contribution in [2.45, 2.75) is 29.6 Å². The molecule has 0 spiro atoms. The number of unbranched alkanes of at least 4 members (excludes halogenated alkanes) is 1. The van der Waals surface area contributed by atoms with E-state index in [1.165, 1.54) is 0 Å². The summed E-state index contributed by atoms with van der Waals surface area (Å²) in [4.78, 5) is 18.2. The van der Waals surface area contributed by atoms with Crippen molar-refractivity contribution in [2.24, 2.45) is 0 Å². The molecule has 2 aromatic carbocycles. The molecule has 0 saturated carbocycles. The van der Waals surface area contributed by atoms with Crippen LogP contribution in [-0.4, -0.2) is 22.7 Å². The zero-order chi connectivity index (χ0) is 19.2. The number of hydrogen-bond donors (Lipinski definition) is 1. The van der Waals surface area contributed by atoms with E-state index in [1.807, 2.05) is 49.4 Å². The van der Waals surface area contributed by atoms with Crippen LogP contribution < -0.4 is 0 Å². The number of nitrogens with zero attached hydrogens (tertiary/aromatic N) is 2. The van der Waals surface area contributed by atoms with Crippen molar-refractivity contribution in [3.8, 4) is 11.8 Å². The van der Waals surface area contributed by atoms with Crippen LogP contribution >= 0.6 is 11.8 Å². The molecule has 0 amide bonds. The van der Waals surface area contributed by atoms with Gasteiger partial charge in [-0.15, -0.1) is 0 Å². The summed E-state index contributed by atoms with van der Waals surface area (Å²) in [6.45, 7) is 2.24. The summed E-state index contributed by atoms with van der Waals surface area (Å²) in [6.07, 6.45) is 1.61. The molecule has 27 heavy (non-hydrogen) atoms. The van der Waals surface area contributed by atoms with Gasteiger partial charge in [0.25, 0.3) is 0 Å². The third-order valence-corrected chi connectivity index (χ3v) is 4.96. The first-order chi connectivity index (χ1) is 13.1. The zero-order valence-electron chi connectivity index (χ0n) is 14.8. The van der Waals surface area contributed by atoms with Crippen LogP contribution in [0.2, 0.25) is 0 Å². The molecule has 0 fully saturated rings. The van der Waals surface area contributed by atoms with Crippen molar-refractivity contribution in [3.05, 3.63) is 59.9 Å². The summed E-state index contributed by atoms with van der Waals surface area (Å²) in [5.74, 6) is -0.983. The molecule has 0 radical (unpaired) electrons. The van der Waals surface area contributed by atoms with Crippen molar-refractivity contribution in [2.75, 3.05) is 6.61 Å². The van der Waals surface area contributed by atoms with E-state index in [-0.39, 0.29) is 23.7 Å². The van der Waals surface area contributed by atoms with Gasteiger partial charge in [-0.3, -0.25) is 0 Å². The van der Waals surface area contributed by atoms with Gasteiger partial charge in [0.1, 0.15) is 11.8 Å². The minimum atomic E-state index is -0.720. The Morgan fingerprint density at radius 1 is 1.19 bits per heavy atom. The van der Waals surface area contributed by atoms with Gasteiger partial charge >= 0.3 is 5.97 Å². The van der Waals surface area contributed by atoms with E-state index in [1.54, 1.807) is 23.9 Å². The summed E-state index contributed by atoms with van der Waals surface area (Å²) >= 11 is 1.54. The maximum atomic E-state index is 12.2. The second-order valence-corrected chi connectivity index (χ2v) is 7.03. The van der Waals surface area contributed by atoms with Crippen molar-refractivity contribution in [1.29, 1.82) is 5.26 Å². The lowest BCUT2D eigenvalue weighted by Crippen LogP contribution is -2.10. The smallest absolute Gasteiger partial charge is 0.360 e. The monoisotopic (exact) mass is 378 g/mol. The molecule has 0 aliphatic carbocycles. The Balaban J connectivity index is 1.99. The number of aromatic hydroxyl groups is 1. The molecule has 6 heteroatoms. The van der Waals surface area contributed by atoms with Crippen molar-refractivity contribution < 1.29 is 14.6 Å². The zero-order valence-corrected chi connectivity index (χ0v) is 15.6. The minimum Gasteiger partial charge on any atom is -0.505 e. The van der Waals surface area contributed by atoms with Crippen LogP contribution in [0.15, 0.2) is 58.3 Å². The van der Waals surface area contributed by atoms with E-state index in [0.717, 1.165) is 22.6 Å². The molecule has 136 valence electrons. The first-order valence-corrected chi connectivity index (χ1v) is 9.42. The molecule has 1 heterocycles. The molecule has 0 bridgehead atoms. The number of ether oxygens (including phenoxy) is 1. The molecule has 3 aromatic rings. The summed E-state index contributed by atoms with van der Waals surface area (Å²) in [7, 11) is 0. The van der Waals surface area contributed by atoms with Crippen LogP contribution in [0.25, 0.3) is 10.8 Å². The number of hydrogen-bond acceptors (Lipinski definition) is 6. The van der Waals surface area contributed by atoms with Crippen molar-refractivity contribution in [1.82, 2.24) is 4.98 Å². The molecule has 5 nitrogen and oxygen atoms in total. The normalized spacial score (nSPS) is 10.5. The third kappa shape index (κ3) is 4.21. The van der Waals surface area contributed by atoms with Crippen molar-refractivity contribution >= 4 is 28.5 Å². The van der Waals surface area contributed by atoms with Gasteiger partial charge in [0.05, 0.1) is 6.61 Å². The average Bonchev–Trinajstić information content (AvgIpc) is 2.69. The second-order valence-electron chi connectivity index (χ2n) is 5.88. The quantitative estimate of drug-likeness (QED) is 0.484. The highest BCUT2D eigenvalue weighted by Gasteiger charge is 2.20. The number of rotatable bonds is 6. The largest absolute Gasteiger partial charge is 0.505 e. The first kappa shape index (κ1) is 18.7. The van der Waals surface area contributed by atoms with E-state index in [4.69, 9.17) is 4.74 Å². The number of carbonyl (C=O) groups excluding carboxylic acids is 1. The fourth-order valence-electron chi connectivity index (χ4n) is 2.57. The molecule has 0 saturated heterocycles. The highest BCUT2D eigenvalue weighted by atomic mass is 32.2. The van der Waals surface area contributed by atoms with Crippen LogP contribution in [-0.2, 0) is 4.74 Å². The van der Waals surface area contributed by atoms with Gasteiger partial charge in [0, 0.05) is 20.6 Å². The lowest BCUT2D eigenvalue weighted by molar-refractivity contribution is 0.0489. The van der Waals surface area contributed by atoms with Gasteiger partial charge in [-0.25, -0.2) is 9.78 Å². The fourth-order valence-corrected chi connectivity index (χ4v) is 3.45. The van der Waals surface area contributed by atoms with Crippen LogP contribution in [0.1, 0.15) is 35.9 Å². The van der Waals surface area contributed by atoms with Crippen LogP contribution in [0.4, 0.5) is 0 Å². The summed E-state index contributed by atoms with van der Waals surface area (Å²) in [5.41, 5.74) is -0.139. The highest BCUT2D eigenvalue weighted by Crippen LogP contribution is 2.35. The fraction of sp³-hybridized carbons (Fsp3) is 0.190. The van der Waals surface area contributed by atoms with Crippen molar-refractivity contribution in [3.63, 3.8) is 0 Å². The van der Waals surface area contributed by atoms with Gasteiger partial charge in [-0.1, -0.05) is 43.3 Å². The number of nitriles is 1. The summed E-state index contributed by atoms with van der Waals surface area (Å²) < 4.78 is 5.13. The molecule has 1 aromatic heterocycles. The summed E-state index contributed by atoms with van der Waals surface area (Å²) in [6, 6.07) is 17.2. The number of pyridine rings is 1. The number of benzene rings is 2. The maximum absolute atomic E-state index is 12.2. The Morgan fingerprint density at radius 2 is 1.96 bits per heavy atom. The lowest BCUT2D eigenvalue weighted by Gasteiger charge is -2.10. The minimum absolute atomic E-state index is 0.0840. The molecule has 1 N–H and O–H groups in total. The Kier molecular flexibility index (Phi) is 5.94. The topological polar surface area (TPSA) is 83.2 Å². The first-order valence-electron chi connectivity index (χ1n) is 8.61. The van der Waals surface area contributed by atoms with Gasteiger partial charge in [0.15, 0.2) is 11.4 Å². The van der Waals surface area contributed by atoms with Crippen LogP contribution in [0.5, 0.6) is 5.75 Å². The summed E-state index contributed by atoms with van der Waals surface area (Å²) in [5, 5.41) is 20.9. The van der Waals surface area contributed by atoms with Crippen LogP contribution in [0, 0.1) is 11.3 Å². The predicted octanol–water partition coefficient (Wildman–Crippen LogP) is 4.92. The molecule has 3 rings (SSSR count). The predicted molar refractivity (Wildman–Crippen MR) is 104 cm³/mol. The molecular weight excluding hydrogens is 360 g/mol. The molecular formula is C21H18N2O3S. The Labute approximate surface area is 161 Å². The number of carbonyl (C=O) groups is 1. The van der Waals surface area contributed by atoms with Gasteiger partial charge in [-0.2, -0.15) is 5.26 Å². The van der Waals surface area contributed by atoms with E-state index in [9.17, 15) is 15.2 Å². The SMILES string of the molecule is CCCCOC(=O)c1nc(C#N)c2cc(Sc3ccccc3)ccc2c1O. The molecule has 0 aliphatic rings. The molecule has 0 unspecified atom stereocenters. The van der Waals surface area contributed by atoms with E-state index >= 15 is 0 Å². The lowest BCUT2D eigenvalue weighted by atomic mass is 10.1. The second kappa shape index (κ2) is 8.56. The third-order valence-electron chi connectivity index (χ3n) is 3.96. The standard InChI is InChI=1S/C21H18N2O3S/c1-2-3-11-26-21(25)19-20(24)16-10-9-15(12-17(16)18(13-22)23-19)27-14-7-5-4-6-8-14/h4-10,12,24H,2-3,11H2,1H3. The number of aromatic nitrogens is 1. The maximum Gasteiger partial charge on any atom is 0.360 e. The highest BCUT2D eigenvalue weighted by molar-refractivity contribution is 7.99. The molecule has 0 aliphatic heterocycles. The molecule has 0 atom stereocenters. The Hall–Kier alpha value is -3.04. The number of fused-ring (bicyclic) bond motifs is 1. The van der Waals surface area contributed by atoms with E-state index in [2.05, 4.69) is 4.98 Å². The van der Waals surface area contributed by atoms with Gasteiger partial charge in [0.2, 0.25) is 0 Å². The van der Waals surface area contributed by atoms with Gasteiger partial charge in [-0.05, 0) is 36.8 Å². The Morgan fingerprint density at radius 3 is 2.67 bits per heavy atom.